The van der Waals surface area contributed by atoms with Crippen molar-refractivity contribution in [3.63, 3.8) is 0 Å². The van der Waals surface area contributed by atoms with Crippen LogP contribution in [0.15, 0.2) is 0 Å². The molecule has 198 valence electrons. The minimum absolute atomic E-state index is 0.0604. The van der Waals surface area contributed by atoms with Gasteiger partial charge in [-0.1, -0.05) is 52.9 Å². The maximum atomic E-state index is 13.7. The summed E-state index contributed by atoms with van der Waals surface area (Å²) in [4.78, 5) is 25.9. The van der Waals surface area contributed by atoms with Crippen LogP contribution in [0.5, 0.6) is 0 Å². The fourth-order valence-electron chi connectivity index (χ4n) is 6.23. The molecule has 0 aromatic carbocycles. The molecule has 0 bridgehead atoms. The highest BCUT2D eigenvalue weighted by atomic mass is 32.2. The first kappa shape index (κ1) is 29.0. The Hall–Kier alpha value is -1.23. The van der Waals surface area contributed by atoms with Gasteiger partial charge in [-0.05, 0) is 68.7 Å². The second kappa shape index (κ2) is 12.6. The van der Waals surface area contributed by atoms with Crippen molar-refractivity contribution >= 4 is 22.1 Å². The molecule has 2 aliphatic carbocycles. The third kappa shape index (κ3) is 8.77. The summed E-state index contributed by atoms with van der Waals surface area (Å²) in [7, 11) is -4.46. The van der Waals surface area contributed by atoms with E-state index in [2.05, 4.69) is 26.1 Å². The number of nitrogens with two attached hydrogens (primary N) is 2. The number of carbonyl (C=O) groups excluding carboxylic acids is 1. The van der Waals surface area contributed by atoms with E-state index in [1.165, 1.54) is 0 Å². The number of rotatable bonds is 12. The van der Waals surface area contributed by atoms with Crippen LogP contribution < -0.4 is 16.2 Å². The maximum Gasteiger partial charge on any atom is 0.322 e. The highest BCUT2D eigenvalue weighted by Crippen LogP contribution is 2.39. The topological polar surface area (TPSA) is 156 Å². The van der Waals surface area contributed by atoms with E-state index < -0.39 is 34.2 Å². The van der Waals surface area contributed by atoms with E-state index in [0.717, 1.165) is 55.7 Å². The van der Waals surface area contributed by atoms with Gasteiger partial charge in [0.15, 0.2) is 0 Å². The van der Waals surface area contributed by atoms with Gasteiger partial charge in [0.2, 0.25) is 5.91 Å². The van der Waals surface area contributed by atoms with Gasteiger partial charge in [0.25, 0.3) is 10.2 Å². The van der Waals surface area contributed by atoms with E-state index in [1.54, 1.807) is 0 Å². The van der Waals surface area contributed by atoms with Gasteiger partial charge in [-0.25, -0.2) is 5.14 Å². The average molecular weight is 503 g/mol. The second-order valence-electron chi connectivity index (χ2n) is 11.4. The Balaban J connectivity index is 2.35. The predicted molar refractivity (Wildman–Crippen MR) is 133 cm³/mol. The summed E-state index contributed by atoms with van der Waals surface area (Å²) >= 11 is 0. The zero-order valence-corrected chi connectivity index (χ0v) is 22.0. The van der Waals surface area contributed by atoms with Crippen molar-refractivity contribution in [3.05, 3.63) is 0 Å². The largest absolute Gasteiger partial charge is 0.480 e. The molecular weight excluding hydrogens is 456 g/mol. The van der Waals surface area contributed by atoms with E-state index in [9.17, 15) is 23.1 Å². The molecule has 10 heteroatoms. The number of carbonyl (C=O) groups is 2. The summed E-state index contributed by atoms with van der Waals surface area (Å²) in [6.45, 7) is 6.89. The quantitative estimate of drug-likeness (QED) is 0.301. The maximum absolute atomic E-state index is 13.7. The van der Waals surface area contributed by atoms with Gasteiger partial charge in [-0.2, -0.15) is 12.7 Å². The third-order valence-corrected chi connectivity index (χ3v) is 8.54. The minimum Gasteiger partial charge on any atom is -0.480 e. The van der Waals surface area contributed by atoms with Crippen molar-refractivity contribution in [2.45, 2.75) is 116 Å². The predicted octanol–water partition coefficient (Wildman–Crippen LogP) is 2.74. The Morgan fingerprint density at radius 3 is 2.29 bits per heavy atom. The molecule has 0 aromatic rings. The van der Waals surface area contributed by atoms with E-state index in [4.69, 9.17) is 10.9 Å². The van der Waals surface area contributed by atoms with Crippen molar-refractivity contribution in [2.24, 2.45) is 28.1 Å². The van der Waals surface area contributed by atoms with Crippen LogP contribution in [-0.2, 0) is 19.8 Å². The number of nitrogens with one attached hydrogen (secondary N) is 1. The van der Waals surface area contributed by atoms with Gasteiger partial charge in [0, 0.05) is 6.04 Å². The summed E-state index contributed by atoms with van der Waals surface area (Å²) in [5, 5.41) is 18.6. The Morgan fingerprint density at radius 2 is 1.76 bits per heavy atom. The van der Waals surface area contributed by atoms with Crippen LogP contribution in [0.1, 0.15) is 97.8 Å². The van der Waals surface area contributed by atoms with E-state index >= 15 is 0 Å². The van der Waals surface area contributed by atoms with Crippen LogP contribution >= 0.6 is 0 Å². The number of hydrogen-bond acceptors (Lipinski definition) is 5. The number of unbranched alkanes of at least 4 members (excludes halogenated alkanes) is 1. The SMILES string of the molecule is CC1CC(NC(=O)[C@H](CC2CCCCC2)N([C@@H](CCCCN)C(=O)O)S(N)(=O)=O)CC(C)(C)C1. The number of hydrogen-bond donors (Lipinski definition) is 4. The van der Waals surface area contributed by atoms with E-state index in [1.807, 2.05) is 0 Å². The van der Waals surface area contributed by atoms with Crippen LogP contribution in [0.3, 0.4) is 0 Å². The lowest BCUT2D eigenvalue weighted by Crippen LogP contribution is -2.60. The molecule has 0 spiro atoms. The van der Waals surface area contributed by atoms with Crippen LogP contribution in [0, 0.1) is 17.3 Å². The van der Waals surface area contributed by atoms with Crippen LogP contribution in [0.25, 0.3) is 0 Å². The van der Waals surface area contributed by atoms with E-state index in [-0.39, 0.29) is 30.2 Å². The lowest BCUT2D eigenvalue weighted by molar-refractivity contribution is -0.143. The van der Waals surface area contributed by atoms with Crippen LogP contribution in [-0.4, -0.2) is 54.4 Å². The van der Waals surface area contributed by atoms with Gasteiger partial charge in [0.05, 0.1) is 0 Å². The zero-order chi connectivity index (χ0) is 25.5. The first-order chi connectivity index (χ1) is 15.8. The molecule has 6 N–H and O–H groups in total. The molecule has 2 saturated carbocycles. The Labute approximate surface area is 205 Å². The molecule has 34 heavy (non-hydrogen) atoms. The molecule has 0 saturated heterocycles. The first-order valence-corrected chi connectivity index (χ1v) is 14.4. The minimum atomic E-state index is -4.46. The van der Waals surface area contributed by atoms with E-state index in [0.29, 0.717) is 25.3 Å². The Bertz CT molecular complexity index is 782. The fraction of sp³-hybridized carbons (Fsp3) is 0.917. The number of aliphatic carboxylic acids is 1. The number of carboxylic acids is 1. The lowest BCUT2D eigenvalue weighted by atomic mass is 9.70. The summed E-state index contributed by atoms with van der Waals surface area (Å²) in [6, 6.07) is -2.62. The molecule has 2 aliphatic rings. The number of carboxylic acid groups (broad SMARTS) is 1. The highest BCUT2D eigenvalue weighted by molar-refractivity contribution is 7.86. The van der Waals surface area contributed by atoms with Gasteiger partial charge < -0.3 is 16.2 Å². The van der Waals surface area contributed by atoms with Crippen molar-refractivity contribution < 1.29 is 23.1 Å². The monoisotopic (exact) mass is 502 g/mol. The molecule has 0 heterocycles. The molecular formula is C24H46N4O5S. The molecule has 4 atom stereocenters. The fourth-order valence-corrected chi connectivity index (χ4v) is 7.32. The molecule has 0 aromatic heterocycles. The van der Waals surface area contributed by atoms with Crippen LogP contribution in [0.2, 0.25) is 0 Å². The van der Waals surface area contributed by atoms with Gasteiger partial charge in [-0.15, -0.1) is 0 Å². The normalized spacial score (nSPS) is 25.6. The summed E-state index contributed by atoms with van der Waals surface area (Å²) in [5.41, 5.74) is 5.62. The number of amides is 1. The first-order valence-electron chi connectivity index (χ1n) is 12.9. The average Bonchev–Trinajstić information content (AvgIpc) is 2.70. The van der Waals surface area contributed by atoms with Crippen LogP contribution in [0.4, 0.5) is 0 Å². The Kier molecular flexibility index (Phi) is 10.8. The highest BCUT2D eigenvalue weighted by Gasteiger charge is 2.43. The standard InChI is InChI=1S/C24H46N4O5S/c1-17-13-19(16-24(2,3)15-17)27-22(29)21(14-18-9-5-4-6-10-18)28(34(26,32)33)20(23(30)31)11-7-8-12-25/h17-21H,4-16,25H2,1-3H3,(H,27,29)(H,30,31)(H2,26,32,33)/t17?,19?,20-,21-/m0/s1. The number of nitrogens with zero attached hydrogens (tertiary/aromatic N) is 1. The molecule has 0 aliphatic heterocycles. The smallest absolute Gasteiger partial charge is 0.322 e. The molecule has 0 radical (unpaired) electrons. The van der Waals surface area contributed by atoms with Gasteiger partial charge in [0.1, 0.15) is 12.1 Å². The summed E-state index contributed by atoms with van der Waals surface area (Å²) in [5.74, 6) is -1.13. The van der Waals surface area contributed by atoms with Gasteiger partial charge in [-0.3, -0.25) is 9.59 Å². The van der Waals surface area contributed by atoms with Crippen molar-refractivity contribution in [3.8, 4) is 0 Å². The molecule has 2 rings (SSSR count). The lowest BCUT2D eigenvalue weighted by Gasteiger charge is -2.41. The second-order valence-corrected chi connectivity index (χ2v) is 12.8. The van der Waals surface area contributed by atoms with Crippen molar-refractivity contribution in [1.82, 2.24) is 9.62 Å². The van der Waals surface area contributed by atoms with Gasteiger partial charge >= 0.3 is 5.97 Å². The summed E-state index contributed by atoms with van der Waals surface area (Å²) < 4.78 is 26.3. The van der Waals surface area contributed by atoms with Crippen molar-refractivity contribution in [1.29, 1.82) is 0 Å². The van der Waals surface area contributed by atoms with Crippen molar-refractivity contribution in [2.75, 3.05) is 6.54 Å². The molecule has 2 unspecified atom stereocenters. The zero-order valence-electron chi connectivity index (χ0n) is 21.2. The molecule has 9 nitrogen and oxygen atoms in total. The Morgan fingerprint density at radius 1 is 1.12 bits per heavy atom. The summed E-state index contributed by atoms with van der Waals surface area (Å²) in [6.07, 6.45) is 9.02. The third-order valence-electron chi connectivity index (χ3n) is 7.44. The molecule has 1 amide bonds. The molecule has 2 fully saturated rings.